The lowest BCUT2D eigenvalue weighted by Crippen LogP contribution is -2.40. The van der Waals surface area contributed by atoms with Crippen molar-refractivity contribution < 1.29 is 14.7 Å². The van der Waals surface area contributed by atoms with E-state index in [2.05, 4.69) is 24.1 Å². The number of nitrogens with zero attached hydrogens (tertiary/aromatic N) is 1. The summed E-state index contributed by atoms with van der Waals surface area (Å²) in [6.45, 7) is 5.58. The van der Waals surface area contributed by atoms with E-state index in [0.29, 0.717) is 12.1 Å². The highest BCUT2D eigenvalue weighted by Gasteiger charge is 2.20. The van der Waals surface area contributed by atoms with E-state index in [0.717, 1.165) is 6.54 Å². The van der Waals surface area contributed by atoms with Crippen molar-refractivity contribution in [1.29, 1.82) is 0 Å². The summed E-state index contributed by atoms with van der Waals surface area (Å²) < 4.78 is 0. The maximum atomic E-state index is 12.0. The minimum atomic E-state index is -1.01. The molecule has 1 rings (SSSR count). The average molecular weight is 292 g/mol. The molecular formula is C16H24N2O3. The Balaban J connectivity index is 2.61. The van der Waals surface area contributed by atoms with Gasteiger partial charge in [0.05, 0.1) is 12.0 Å². The van der Waals surface area contributed by atoms with E-state index < -0.39 is 5.97 Å². The molecule has 0 atom stereocenters. The van der Waals surface area contributed by atoms with Gasteiger partial charge in [-0.25, -0.2) is 4.79 Å². The number of aromatic carboxylic acids is 1. The summed E-state index contributed by atoms with van der Waals surface area (Å²) in [6.07, 6.45) is 0.0838. The van der Waals surface area contributed by atoms with Crippen LogP contribution >= 0.6 is 0 Å². The SMILES string of the molecule is CN(C)CC(C)(C)CNC(=O)Cc1ccccc1C(=O)O. The lowest BCUT2D eigenvalue weighted by atomic mass is 9.93. The van der Waals surface area contributed by atoms with E-state index in [4.69, 9.17) is 5.11 Å². The average Bonchev–Trinajstić information content (AvgIpc) is 2.35. The van der Waals surface area contributed by atoms with Crippen LogP contribution in [0.15, 0.2) is 24.3 Å². The monoisotopic (exact) mass is 292 g/mol. The summed E-state index contributed by atoms with van der Waals surface area (Å²) in [5, 5.41) is 12.0. The zero-order valence-corrected chi connectivity index (χ0v) is 13.1. The molecule has 0 fully saturated rings. The van der Waals surface area contributed by atoms with Crippen molar-refractivity contribution in [3.8, 4) is 0 Å². The molecule has 0 aliphatic heterocycles. The fourth-order valence-corrected chi connectivity index (χ4v) is 2.37. The fraction of sp³-hybridized carbons (Fsp3) is 0.500. The molecule has 21 heavy (non-hydrogen) atoms. The number of hydrogen-bond donors (Lipinski definition) is 2. The molecule has 0 bridgehead atoms. The van der Waals surface area contributed by atoms with Crippen molar-refractivity contribution in [1.82, 2.24) is 10.2 Å². The van der Waals surface area contributed by atoms with Crippen LogP contribution in [-0.2, 0) is 11.2 Å². The highest BCUT2D eigenvalue weighted by atomic mass is 16.4. The number of carbonyl (C=O) groups is 2. The van der Waals surface area contributed by atoms with Crippen LogP contribution in [0, 0.1) is 5.41 Å². The van der Waals surface area contributed by atoms with Gasteiger partial charge in [0.2, 0.25) is 5.91 Å². The standard InChI is InChI=1S/C16H24N2O3/c1-16(2,11-18(3)4)10-17-14(19)9-12-7-5-6-8-13(12)15(20)21/h5-8H,9-11H2,1-4H3,(H,17,19)(H,20,21). The second kappa shape index (κ2) is 7.22. The van der Waals surface area contributed by atoms with Crippen LogP contribution in [0.5, 0.6) is 0 Å². The number of carbonyl (C=O) groups excluding carboxylic acids is 1. The number of rotatable bonds is 7. The van der Waals surface area contributed by atoms with Crippen LogP contribution in [0.1, 0.15) is 29.8 Å². The van der Waals surface area contributed by atoms with Gasteiger partial charge < -0.3 is 15.3 Å². The van der Waals surface area contributed by atoms with Gasteiger partial charge in [-0.15, -0.1) is 0 Å². The van der Waals surface area contributed by atoms with E-state index in [1.807, 2.05) is 14.1 Å². The maximum absolute atomic E-state index is 12.0. The van der Waals surface area contributed by atoms with Crippen molar-refractivity contribution in [2.45, 2.75) is 20.3 Å². The molecule has 0 heterocycles. The highest BCUT2D eigenvalue weighted by molar-refractivity contribution is 5.91. The predicted octanol–water partition coefficient (Wildman–Crippen LogP) is 1.63. The third-order valence-electron chi connectivity index (χ3n) is 3.11. The first-order chi connectivity index (χ1) is 9.71. The van der Waals surface area contributed by atoms with Gasteiger partial charge >= 0.3 is 5.97 Å². The summed E-state index contributed by atoms with van der Waals surface area (Å²) in [5.41, 5.74) is 0.680. The fourth-order valence-electron chi connectivity index (χ4n) is 2.37. The van der Waals surface area contributed by atoms with E-state index in [1.54, 1.807) is 18.2 Å². The van der Waals surface area contributed by atoms with Crippen LogP contribution in [0.4, 0.5) is 0 Å². The molecular weight excluding hydrogens is 268 g/mol. The molecule has 0 saturated carbocycles. The first kappa shape index (κ1) is 17.2. The number of nitrogens with one attached hydrogen (secondary N) is 1. The van der Waals surface area contributed by atoms with Crippen molar-refractivity contribution in [2.75, 3.05) is 27.2 Å². The lowest BCUT2D eigenvalue weighted by Gasteiger charge is -2.28. The Kier molecular flexibility index (Phi) is 5.90. The highest BCUT2D eigenvalue weighted by Crippen LogP contribution is 2.14. The first-order valence-corrected chi connectivity index (χ1v) is 6.94. The molecule has 5 nitrogen and oxygen atoms in total. The summed E-state index contributed by atoms with van der Waals surface area (Å²) in [5.74, 6) is -1.16. The van der Waals surface area contributed by atoms with Crippen LogP contribution in [0.3, 0.4) is 0 Å². The number of hydrogen-bond acceptors (Lipinski definition) is 3. The maximum Gasteiger partial charge on any atom is 0.335 e. The molecule has 0 spiro atoms. The van der Waals surface area contributed by atoms with Gasteiger partial charge in [0, 0.05) is 13.1 Å². The molecule has 0 saturated heterocycles. The molecule has 0 aromatic heterocycles. The van der Waals surface area contributed by atoms with Crippen molar-refractivity contribution in [3.63, 3.8) is 0 Å². The Morgan fingerprint density at radius 2 is 1.86 bits per heavy atom. The molecule has 0 aliphatic carbocycles. The number of carboxylic acid groups (broad SMARTS) is 1. The summed E-state index contributed by atoms with van der Waals surface area (Å²) in [6, 6.07) is 6.59. The van der Waals surface area contributed by atoms with Gasteiger partial charge in [0.1, 0.15) is 0 Å². The molecule has 116 valence electrons. The number of benzene rings is 1. The quantitative estimate of drug-likeness (QED) is 0.801. The molecule has 1 aromatic carbocycles. The minimum Gasteiger partial charge on any atom is -0.478 e. The van der Waals surface area contributed by atoms with Gasteiger partial charge in [-0.3, -0.25) is 4.79 Å². The summed E-state index contributed by atoms with van der Waals surface area (Å²) in [4.78, 5) is 25.2. The minimum absolute atomic E-state index is 0.0362. The van der Waals surface area contributed by atoms with Gasteiger partial charge in [0.15, 0.2) is 0 Å². The van der Waals surface area contributed by atoms with E-state index in [9.17, 15) is 9.59 Å². The van der Waals surface area contributed by atoms with E-state index in [-0.39, 0.29) is 23.3 Å². The van der Waals surface area contributed by atoms with Crippen LogP contribution in [-0.4, -0.2) is 49.1 Å². The third kappa shape index (κ3) is 5.95. The molecule has 1 amide bonds. The Hall–Kier alpha value is -1.88. The predicted molar refractivity (Wildman–Crippen MR) is 82.5 cm³/mol. The zero-order valence-electron chi connectivity index (χ0n) is 13.1. The van der Waals surface area contributed by atoms with Crippen molar-refractivity contribution in [2.24, 2.45) is 5.41 Å². The lowest BCUT2D eigenvalue weighted by molar-refractivity contribution is -0.120. The molecule has 5 heteroatoms. The molecule has 2 N–H and O–H groups in total. The van der Waals surface area contributed by atoms with Crippen LogP contribution < -0.4 is 5.32 Å². The van der Waals surface area contributed by atoms with Crippen LogP contribution in [0.2, 0.25) is 0 Å². The molecule has 0 aliphatic rings. The largest absolute Gasteiger partial charge is 0.478 e. The zero-order chi connectivity index (χ0) is 16.0. The Bertz CT molecular complexity index is 510. The second-order valence-electron chi connectivity index (χ2n) is 6.32. The number of carboxylic acids is 1. The number of amides is 1. The Morgan fingerprint density at radius 3 is 2.43 bits per heavy atom. The third-order valence-corrected chi connectivity index (χ3v) is 3.11. The normalized spacial score (nSPS) is 11.5. The second-order valence-corrected chi connectivity index (χ2v) is 6.32. The van der Waals surface area contributed by atoms with Gasteiger partial charge in [-0.05, 0) is 31.1 Å². The van der Waals surface area contributed by atoms with E-state index in [1.165, 1.54) is 6.07 Å². The van der Waals surface area contributed by atoms with Gasteiger partial charge in [0.25, 0.3) is 0 Å². The van der Waals surface area contributed by atoms with Gasteiger partial charge in [-0.2, -0.15) is 0 Å². The van der Waals surface area contributed by atoms with Gasteiger partial charge in [-0.1, -0.05) is 32.0 Å². The molecule has 0 unspecified atom stereocenters. The molecule has 1 aromatic rings. The summed E-state index contributed by atoms with van der Waals surface area (Å²) >= 11 is 0. The smallest absolute Gasteiger partial charge is 0.335 e. The van der Waals surface area contributed by atoms with E-state index >= 15 is 0 Å². The molecule has 0 radical (unpaired) electrons. The van der Waals surface area contributed by atoms with Crippen molar-refractivity contribution >= 4 is 11.9 Å². The first-order valence-electron chi connectivity index (χ1n) is 6.94. The summed E-state index contributed by atoms with van der Waals surface area (Å²) in [7, 11) is 3.99. The topological polar surface area (TPSA) is 69.6 Å². The van der Waals surface area contributed by atoms with Crippen LogP contribution in [0.25, 0.3) is 0 Å². The van der Waals surface area contributed by atoms with Crippen molar-refractivity contribution in [3.05, 3.63) is 35.4 Å². The Morgan fingerprint density at radius 1 is 1.24 bits per heavy atom. The Labute approximate surface area is 126 Å².